The van der Waals surface area contributed by atoms with Crippen LogP contribution in [0.2, 0.25) is 0 Å². The highest BCUT2D eigenvalue weighted by Gasteiger charge is 2.00. The number of aryl methyl sites for hydroxylation is 1. The molecule has 0 amide bonds. The van der Waals surface area contributed by atoms with Gasteiger partial charge in [0.25, 0.3) is 0 Å². The van der Waals surface area contributed by atoms with Crippen molar-refractivity contribution in [2.75, 3.05) is 0 Å². The molecule has 0 unspecified atom stereocenters. The highest BCUT2D eigenvalue weighted by atomic mass is 79.9. The predicted octanol–water partition coefficient (Wildman–Crippen LogP) is 7.22. The first-order chi connectivity index (χ1) is 11.3. The number of aromatic nitrogens is 1. The molecule has 0 radical (unpaired) electrons. The Kier molecular flexibility index (Phi) is 13.6. The predicted molar refractivity (Wildman–Crippen MR) is 105 cm³/mol. The molecule has 0 aliphatic heterocycles. The van der Waals surface area contributed by atoms with Gasteiger partial charge in [0.15, 0.2) is 12.4 Å². The zero-order valence-electron chi connectivity index (χ0n) is 15.2. The van der Waals surface area contributed by atoms with Gasteiger partial charge < -0.3 is 0 Å². The van der Waals surface area contributed by atoms with Gasteiger partial charge in [-0.15, -0.1) is 0 Å². The molecule has 2 heteroatoms. The summed E-state index contributed by atoms with van der Waals surface area (Å²) in [7, 11) is 0. The van der Waals surface area contributed by atoms with Crippen molar-refractivity contribution in [2.45, 2.75) is 103 Å². The van der Waals surface area contributed by atoms with Crippen molar-refractivity contribution in [3.8, 4) is 0 Å². The third-order valence-electron chi connectivity index (χ3n) is 4.59. The van der Waals surface area contributed by atoms with Gasteiger partial charge >= 0.3 is 0 Å². The summed E-state index contributed by atoms with van der Waals surface area (Å²) in [5.74, 6) is 0. The van der Waals surface area contributed by atoms with Crippen LogP contribution in [-0.2, 0) is 6.54 Å². The summed E-state index contributed by atoms with van der Waals surface area (Å²) in [6, 6.07) is 4.19. The molecule has 0 fully saturated rings. The average molecular weight is 383 g/mol. The second-order valence-electron chi connectivity index (χ2n) is 6.86. The van der Waals surface area contributed by atoms with Crippen LogP contribution in [0, 0.1) is 0 Å². The lowest BCUT2D eigenvalue weighted by Gasteiger charge is -2.03. The molecular weight excluding hydrogens is 346 g/mol. The van der Waals surface area contributed by atoms with Crippen LogP contribution in [0.5, 0.6) is 0 Å². The van der Waals surface area contributed by atoms with E-state index in [0.29, 0.717) is 0 Å². The average Bonchev–Trinajstić information content (AvgIpc) is 2.55. The van der Waals surface area contributed by atoms with Gasteiger partial charge in [-0.2, -0.15) is 0 Å². The van der Waals surface area contributed by atoms with Gasteiger partial charge in [-0.05, 0) is 28.4 Å². The van der Waals surface area contributed by atoms with Crippen molar-refractivity contribution in [1.82, 2.24) is 0 Å². The van der Waals surface area contributed by atoms with Gasteiger partial charge in [0.1, 0.15) is 6.54 Å². The largest absolute Gasteiger partial charge is 0.204 e. The standard InChI is InChI=1S/C21H37BrN/c1-2-3-4-5-6-7-8-9-10-11-12-13-14-15-18-23-19-16-17-21(22)20-23/h16-17,19-20H,2-15,18H2,1H3/q+1. The van der Waals surface area contributed by atoms with Crippen molar-refractivity contribution in [3.05, 3.63) is 29.0 Å². The molecule has 23 heavy (non-hydrogen) atoms. The van der Waals surface area contributed by atoms with E-state index in [-0.39, 0.29) is 0 Å². The number of hydrogen-bond donors (Lipinski definition) is 0. The molecule has 0 atom stereocenters. The zero-order valence-corrected chi connectivity index (χ0v) is 16.8. The SMILES string of the molecule is CCCCCCCCCCCCCCCC[n+]1cccc(Br)c1. The highest BCUT2D eigenvalue weighted by Crippen LogP contribution is 2.13. The molecule has 0 bridgehead atoms. The van der Waals surface area contributed by atoms with Crippen LogP contribution in [0.15, 0.2) is 29.0 Å². The smallest absolute Gasteiger partial charge is 0.183 e. The fraction of sp³-hybridized carbons (Fsp3) is 0.762. The van der Waals surface area contributed by atoms with Gasteiger partial charge in [-0.3, -0.25) is 0 Å². The molecular formula is C21H37BrN+. The zero-order chi connectivity index (χ0) is 16.6. The summed E-state index contributed by atoms with van der Waals surface area (Å²) in [5.41, 5.74) is 0. The fourth-order valence-corrected chi connectivity index (χ4v) is 3.53. The number of rotatable bonds is 15. The van der Waals surface area contributed by atoms with Crippen LogP contribution >= 0.6 is 15.9 Å². The topological polar surface area (TPSA) is 3.88 Å². The Morgan fingerprint density at radius 1 is 0.739 bits per heavy atom. The maximum absolute atomic E-state index is 3.53. The van der Waals surface area contributed by atoms with E-state index in [4.69, 9.17) is 0 Å². The van der Waals surface area contributed by atoms with Crippen LogP contribution in [0.1, 0.15) is 96.8 Å². The van der Waals surface area contributed by atoms with Gasteiger partial charge in [0, 0.05) is 12.5 Å². The van der Waals surface area contributed by atoms with Crippen molar-refractivity contribution in [3.63, 3.8) is 0 Å². The van der Waals surface area contributed by atoms with E-state index >= 15 is 0 Å². The first kappa shape index (κ1) is 20.7. The second-order valence-corrected chi connectivity index (χ2v) is 7.77. The third-order valence-corrected chi connectivity index (χ3v) is 5.06. The molecule has 0 aliphatic carbocycles. The molecule has 1 aromatic rings. The van der Waals surface area contributed by atoms with Crippen molar-refractivity contribution in [2.24, 2.45) is 0 Å². The number of halogens is 1. The van der Waals surface area contributed by atoms with Crippen LogP contribution in [0.3, 0.4) is 0 Å². The summed E-state index contributed by atoms with van der Waals surface area (Å²) >= 11 is 3.53. The van der Waals surface area contributed by atoms with Crippen molar-refractivity contribution < 1.29 is 4.57 Å². The molecule has 132 valence electrons. The first-order valence-electron chi connectivity index (χ1n) is 9.97. The van der Waals surface area contributed by atoms with Crippen LogP contribution in [0.4, 0.5) is 0 Å². The highest BCUT2D eigenvalue weighted by molar-refractivity contribution is 9.10. The Morgan fingerprint density at radius 3 is 1.70 bits per heavy atom. The van der Waals surface area contributed by atoms with Gasteiger partial charge in [0.05, 0.1) is 4.47 Å². The molecule has 1 heterocycles. The van der Waals surface area contributed by atoms with E-state index in [0.717, 1.165) is 6.54 Å². The van der Waals surface area contributed by atoms with Crippen LogP contribution in [-0.4, -0.2) is 0 Å². The summed E-state index contributed by atoms with van der Waals surface area (Å²) in [6.07, 6.45) is 24.3. The summed E-state index contributed by atoms with van der Waals surface area (Å²) in [4.78, 5) is 0. The fourth-order valence-electron chi connectivity index (χ4n) is 3.12. The lowest BCUT2D eigenvalue weighted by molar-refractivity contribution is -0.698. The summed E-state index contributed by atoms with van der Waals surface area (Å²) in [5, 5.41) is 0. The quantitative estimate of drug-likeness (QED) is 0.222. The van der Waals surface area contributed by atoms with E-state index in [1.165, 1.54) is 94.4 Å². The number of pyridine rings is 1. The first-order valence-corrected chi connectivity index (χ1v) is 10.8. The van der Waals surface area contributed by atoms with Crippen molar-refractivity contribution >= 4 is 15.9 Å². The van der Waals surface area contributed by atoms with Gasteiger partial charge in [0.2, 0.25) is 0 Å². The second kappa shape index (κ2) is 15.2. The number of nitrogens with zero attached hydrogens (tertiary/aromatic N) is 1. The molecule has 1 aromatic heterocycles. The minimum Gasteiger partial charge on any atom is -0.204 e. The molecule has 0 aromatic carbocycles. The van der Waals surface area contributed by atoms with Crippen LogP contribution in [0.25, 0.3) is 0 Å². The third kappa shape index (κ3) is 12.7. The lowest BCUT2D eigenvalue weighted by atomic mass is 10.0. The van der Waals surface area contributed by atoms with E-state index in [9.17, 15) is 0 Å². The minimum atomic E-state index is 1.15. The molecule has 0 N–H and O–H groups in total. The Bertz CT molecular complexity index is 378. The van der Waals surface area contributed by atoms with E-state index in [1.807, 2.05) is 0 Å². The van der Waals surface area contributed by atoms with Crippen LogP contribution < -0.4 is 4.57 Å². The summed E-state index contributed by atoms with van der Waals surface area (Å²) < 4.78 is 3.45. The molecule has 0 aliphatic rings. The normalized spacial score (nSPS) is 11.0. The maximum Gasteiger partial charge on any atom is 0.183 e. The number of hydrogen-bond acceptors (Lipinski definition) is 0. The Balaban J connectivity index is 1.78. The Hall–Kier alpha value is -0.370. The van der Waals surface area contributed by atoms with E-state index in [1.54, 1.807) is 0 Å². The molecule has 1 nitrogen and oxygen atoms in total. The van der Waals surface area contributed by atoms with Gasteiger partial charge in [-0.1, -0.05) is 84.0 Å². The Morgan fingerprint density at radius 2 is 1.22 bits per heavy atom. The molecule has 0 saturated carbocycles. The van der Waals surface area contributed by atoms with Gasteiger partial charge in [-0.25, -0.2) is 4.57 Å². The minimum absolute atomic E-state index is 1.15. The molecule has 0 spiro atoms. The maximum atomic E-state index is 3.53. The molecule has 0 saturated heterocycles. The number of unbranched alkanes of at least 4 members (excludes halogenated alkanes) is 13. The van der Waals surface area contributed by atoms with Crippen molar-refractivity contribution in [1.29, 1.82) is 0 Å². The summed E-state index contributed by atoms with van der Waals surface area (Å²) in [6.45, 7) is 3.44. The monoisotopic (exact) mass is 382 g/mol. The lowest BCUT2D eigenvalue weighted by Crippen LogP contribution is -2.32. The van der Waals surface area contributed by atoms with E-state index in [2.05, 4.69) is 51.9 Å². The van der Waals surface area contributed by atoms with E-state index < -0.39 is 0 Å². The Labute approximate surface area is 153 Å². The molecule has 1 rings (SSSR count).